The van der Waals surface area contributed by atoms with Crippen molar-refractivity contribution in [2.24, 2.45) is 0 Å². The molecule has 5 nitrogen and oxygen atoms in total. The molecule has 1 amide bonds. The summed E-state index contributed by atoms with van der Waals surface area (Å²) in [4.78, 5) is 14.3. The van der Waals surface area contributed by atoms with Gasteiger partial charge in [0.15, 0.2) is 11.5 Å². The molecule has 0 aliphatic carbocycles. The van der Waals surface area contributed by atoms with Crippen molar-refractivity contribution in [3.63, 3.8) is 0 Å². The number of nitrogens with zero attached hydrogens (tertiary/aromatic N) is 1. The summed E-state index contributed by atoms with van der Waals surface area (Å²) in [5, 5.41) is 3.67. The van der Waals surface area contributed by atoms with Crippen LogP contribution in [0.25, 0.3) is 0 Å². The van der Waals surface area contributed by atoms with Crippen molar-refractivity contribution in [3.8, 4) is 11.5 Å². The Morgan fingerprint density at radius 2 is 1.88 bits per heavy atom. The molecule has 1 N–H and O–H groups in total. The number of ether oxygens (including phenoxy) is 2. The highest BCUT2D eigenvalue weighted by molar-refractivity contribution is 6.30. The second kappa shape index (κ2) is 7.76. The van der Waals surface area contributed by atoms with Crippen LogP contribution in [0.5, 0.6) is 11.5 Å². The van der Waals surface area contributed by atoms with Crippen LogP contribution in [0.3, 0.4) is 0 Å². The number of carbonyl (C=O) groups is 1. The zero-order valence-electron chi connectivity index (χ0n) is 14.3. The van der Waals surface area contributed by atoms with Gasteiger partial charge in [0.1, 0.15) is 0 Å². The van der Waals surface area contributed by atoms with Crippen LogP contribution >= 0.6 is 11.6 Å². The van der Waals surface area contributed by atoms with Gasteiger partial charge >= 0.3 is 0 Å². The summed E-state index contributed by atoms with van der Waals surface area (Å²) in [5.74, 6) is 1.49. The van der Waals surface area contributed by atoms with Crippen LogP contribution in [-0.4, -0.2) is 38.2 Å². The van der Waals surface area contributed by atoms with Gasteiger partial charge in [0, 0.05) is 11.6 Å². The maximum atomic E-state index is 12.2. The van der Waals surface area contributed by atoms with Crippen LogP contribution in [0.1, 0.15) is 17.2 Å². The Morgan fingerprint density at radius 3 is 2.60 bits per heavy atom. The summed E-state index contributed by atoms with van der Waals surface area (Å²) >= 11 is 5.87. The quantitative estimate of drug-likeness (QED) is 0.860. The lowest BCUT2D eigenvalue weighted by molar-refractivity contribution is -0.120. The maximum Gasteiger partial charge on any atom is 0.231 e. The fraction of sp³-hybridized carbons (Fsp3) is 0.316. The fourth-order valence-electron chi connectivity index (χ4n) is 2.78. The first kappa shape index (κ1) is 17.6. The Kier molecular flexibility index (Phi) is 5.46. The van der Waals surface area contributed by atoms with Gasteiger partial charge in [-0.15, -0.1) is 0 Å². The lowest BCUT2D eigenvalue weighted by Gasteiger charge is -2.25. The third kappa shape index (κ3) is 4.44. The third-order valence-corrected chi connectivity index (χ3v) is 4.43. The summed E-state index contributed by atoms with van der Waals surface area (Å²) < 4.78 is 10.8. The van der Waals surface area contributed by atoms with E-state index in [1.54, 1.807) is 12.1 Å². The van der Waals surface area contributed by atoms with E-state index >= 15 is 0 Å². The molecule has 1 aliphatic heterocycles. The molecule has 0 saturated heterocycles. The van der Waals surface area contributed by atoms with E-state index in [0.717, 1.165) is 22.6 Å². The lowest BCUT2D eigenvalue weighted by atomic mass is 10.0. The Labute approximate surface area is 152 Å². The summed E-state index contributed by atoms with van der Waals surface area (Å²) in [7, 11) is 3.97. The molecular formula is C19H21ClN2O3. The Bertz CT molecular complexity index is 747. The molecule has 1 unspecified atom stereocenters. The van der Waals surface area contributed by atoms with E-state index in [-0.39, 0.29) is 18.7 Å². The topological polar surface area (TPSA) is 50.8 Å². The Morgan fingerprint density at radius 1 is 1.16 bits per heavy atom. The predicted molar refractivity (Wildman–Crippen MR) is 97.2 cm³/mol. The number of nitrogens with one attached hydrogen (secondary N) is 1. The average molecular weight is 361 g/mol. The normalized spacial score (nSPS) is 13.8. The van der Waals surface area contributed by atoms with E-state index in [4.69, 9.17) is 21.1 Å². The number of amides is 1. The molecule has 25 heavy (non-hydrogen) atoms. The molecule has 3 rings (SSSR count). The molecule has 132 valence electrons. The van der Waals surface area contributed by atoms with E-state index in [9.17, 15) is 4.79 Å². The molecule has 1 aliphatic rings. The summed E-state index contributed by atoms with van der Waals surface area (Å²) in [6.07, 6.45) is 0.332. The number of carbonyl (C=O) groups excluding carboxylic acids is 1. The van der Waals surface area contributed by atoms with Crippen LogP contribution in [-0.2, 0) is 11.2 Å². The molecule has 0 spiro atoms. The minimum Gasteiger partial charge on any atom is -0.454 e. The van der Waals surface area contributed by atoms with Gasteiger partial charge in [0.2, 0.25) is 12.7 Å². The monoisotopic (exact) mass is 360 g/mol. The zero-order chi connectivity index (χ0) is 17.8. The Balaban J connectivity index is 1.62. The van der Waals surface area contributed by atoms with Crippen molar-refractivity contribution in [1.29, 1.82) is 0 Å². The van der Waals surface area contributed by atoms with E-state index in [2.05, 4.69) is 10.2 Å². The third-order valence-electron chi connectivity index (χ3n) is 4.18. The first-order valence-electron chi connectivity index (χ1n) is 8.10. The van der Waals surface area contributed by atoms with Crippen LogP contribution in [0.15, 0.2) is 42.5 Å². The van der Waals surface area contributed by atoms with Crippen molar-refractivity contribution in [2.45, 2.75) is 12.5 Å². The second-order valence-corrected chi connectivity index (χ2v) is 6.64. The van der Waals surface area contributed by atoms with Gasteiger partial charge in [-0.25, -0.2) is 0 Å². The number of fused-ring (bicyclic) bond motifs is 1. The highest BCUT2D eigenvalue weighted by Crippen LogP contribution is 2.34. The molecule has 0 bridgehead atoms. The van der Waals surface area contributed by atoms with Crippen molar-refractivity contribution in [3.05, 3.63) is 58.6 Å². The molecule has 1 atom stereocenters. The van der Waals surface area contributed by atoms with Gasteiger partial charge in [-0.1, -0.05) is 29.8 Å². The molecule has 0 fully saturated rings. The van der Waals surface area contributed by atoms with Crippen molar-refractivity contribution in [1.82, 2.24) is 10.2 Å². The molecule has 0 radical (unpaired) electrons. The van der Waals surface area contributed by atoms with Crippen LogP contribution < -0.4 is 14.8 Å². The molecule has 2 aromatic rings. The van der Waals surface area contributed by atoms with E-state index in [1.807, 2.05) is 44.4 Å². The van der Waals surface area contributed by atoms with Crippen molar-refractivity contribution in [2.75, 3.05) is 27.4 Å². The maximum absolute atomic E-state index is 12.2. The van der Waals surface area contributed by atoms with Crippen LogP contribution in [0.4, 0.5) is 0 Å². The summed E-state index contributed by atoms with van der Waals surface area (Å²) in [5.41, 5.74) is 2.01. The first-order valence-corrected chi connectivity index (χ1v) is 8.48. The number of likely N-dealkylation sites (N-methyl/N-ethyl adjacent to an activating group) is 1. The minimum absolute atomic E-state index is 0.0186. The highest BCUT2D eigenvalue weighted by atomic mass is 35.5. The standard InChI is InChI=1S/C19H21ClN2O3/c1-22(2)16(14-5-8-17-18(10-14)25-12-24-17)11-21-19(23)9-13-3-6-15(20)7-4-13/h3-8,10,16H,9,11-12H2,1-2H3,(H,21,23). The largest absolute Gasteiger partial charge is 0.454 e. The molecule has 1 heterocycles. The van der Waals surface area contributed by atoms with Gasteiger partial charge in [0.25, 0.3) is 0 Å². The number of hydrogen-bond donors (Lipinski definition) is 1. The molecular weight excluding hydrogens is 340 g/mol. The molecule has 0 aromatic heterocycles. The van der Waals surface area contributed by atoms with Gasteiger partial charge in [-0.3, -0.25) is 4.79 Å². The van der Waals surface area contributed by atoms with Gasteiger partial charge in [-0.05, 0) is 49.5 Å². The molecule has 0 saturated carbocycles. The van der Waals surface area contributed by atoms with Crippen molar-refractivity contribution < 1.29 is 14.3 Å². The summed E-state index contributed by atoms with van der Waals surface area (Å²) in [6.45, 7) is 0.766. The van der Waals surface area contributed by atoms with Gasteiger partial charge in [0.05, 0.1) is 12.5 Å². The van der Waals surface area contributed by atoms with E-state index < -0.39 is 0 Å². The van der Waals surface area contributed by atoms with Crippen LogP contribution in [0.2, 0.25) is 5.02 Å². The number of halogens is 1. The molecule has 2 aromatic carbocycles. The molecule has 6 heteroatoms. The van der Waals surface area contributed by atoms with Crippen LogP contribution in [0, 0.1) is 0 Å². The van der Waals surface area contributed by atoms with Crippen molar-refractivity contribution >= 4 is 17.5 Å². The highest BCUT2D eigenvalue weighted by Gasteiger charge is 2.20. The Hall–Kier alpha value is -2.24. The van der Waals surface area contributed by atoms with Gasteiger partial charge in [-0.2, -0.15) is 0 Å². The second-order valence-electron chi connectivity index (χ2n) is 6.20. The smallest absolute Gasteiger partial charge is 0.231 e. The number of benzene rings is 2. The van der Waals surface area contributed by atoms with Gasteiger partial charge < -0.3 is 19.7 Å². The van der Waals surface area contributed by atoms with E-state index in [0.29, 0.717) is 18.0 Å². The zero-order valence-corrected chi connectivity index (χ0v) is 15.0. The minimum atomic E-state index is -0.0186. The summed E-state index contributed by atoms with van der Waals surface area (Å²) in [6, 6.07) is 13.2. The van der Waals surface area contributed by atoms with E-state index in [1.165, 1.54) is 0 Å². The SMILES string of the molecule is CN(C)C(CNC(=O)Cc1ccc(Cl)cc1)c1ccc2c(c1)OCO2. The number of hydrogen-bond acceptors (Lipinski definition) is 4. The predicted octanol–water partition coefficient (Wildman–Crippen LogP) is 3.03. The lowest BCUT2D eigenvalue weighted by Crippen LogP contribution is -2.35. The first-order chi connectivity index (χ1) is 12.0. The number of rotatable bonds is 6. The fourth-order valence-corrected chi connectivity index (χ4v) is 2.91. The average Bonchev–Trinajstić information content (AvgIpc) is 3.04.